The molecule has 0 aliphatic heterocycles. The normalized spacial score (nSPS) is 10.9. The van der Waals surface area contributed by atoms with Gasteiger partial charge in [0.05, 0.1) is 13.2 Å². The summed E-state index contributed by atoms with van der Waals surface area (Å²) < 4.78 is 10.5. The Labute approximate surface area is 199 Å². The van der Waals surface area contributed by atoms with Gasteiger partial charge in [-0.3, -0.25) is 9.59 Å². The topological polar surface area (TPSA) is 52.6 Å². The Kier molecular flexibility index (Phi) is 25.3. The van der Waals surface area contributed by atoms with Crippen LogP contribution in [-0.4, -0.2) is 25.2 Å². The smallest absolute Gasteiger partial charge is 0.305 e. The van der Waals surface area contributed by atoms with Crippen molar-refractivity contribution in [2.45, 2.75) is 155 Å². The van der Waals surface area contributed by atoms with Crippen molar-refractivity contribution < 1.29 is 19.1 Å². The fourth-order valence-electron chi connectivity index (χ4n) is 3.90. The van der Waals surface area contributed by atoms with Crippen LogP contribution in [0.1, 0.15) is 155 Å². The summed E-state index contributed by atoms with van der Waals surface area (Å²) in [5.74, 6) is -0.377. The van der Waals surface area contributed by atoms with E-state index in [9.17, 15) is 9.59 Å². The van der Waals surface area contributed by atoms with E-state index in [1.807, 2.05) is 0 Å². The Morgan fingerprint density at radius 2 is 0.688 bits per heavy atom. The number of hydrogen-bond acceptors (Lipinski definition) is 4. The second-order valence-electron chi connectivity index (χ2n) is 9.30. The minimum Gasteiger partial charge on any atom is -0.466 e. The molecule has 0 radical (unpaired) electrons. The summed E-state index contributed by atoms with van der Waals surface area (Å²) in [6.07, 6.45) is 25.2. The van der Waals surface area contributed by atoms with E-state index in [2.05, 4.69) is 13.8 Å². The molecule has 32 heavy (non-hydrogen) atoms. The molecule has 0 fully saturated rings. The van der Waals surface area contributed by atoms with E-state index in [0.29, 0.717) is 32.5 Å². The Morgan fingerprint density at radius 3 is 1.00 bits per heavy atom. The fraction of sp³-hybridized carbons (Fsp3) is 0.929. The van der Waals surface area contributed by atoms with Crippen molar-refractivity contribution in [3.05, 3.63) is 0 Å². The van der Waals surface area contributed by atoms with Crippen molar-refractivity contribution in [1.82, 2.24) is 0 Å². The van der Waals surface area contributed by atoms with Gasteiger partial charge in [-0.25, -0.2) is 0 Å². The number of rotatable bonds is 25. The van der Waals surface area contributed by atoms with Gasteiger partial charge < -0.3 is 9.47 Å². The molecular formula is C28H54O4. The molecule has 0 spiro atoms. The van der Waals surface area contributed by atoms with Crippen LogP contribution in [0.2, 0.25) is 0 Å². The van der Waals surface area contributed by atoms with Gasteiger partial charge >= 0.3 is 11.9 Å². The van der Waals surface area contributed by atoms with Gasteiger partial charge in [0.15, 0.2) is 0 Å². The maximum absolute atomic E-state index is 11.8. The quantitative estimate of drug-likeness (QED) is 0.102. The Bertz CT molecular complexity index is 408. The van der Waals surface area contributed by atoms with Crippen LogP contribution in [0.15, 0.2) is 0 Å². The lowest BCUT2D eigenvalue weighted by molar-refractivity contribution is -0.145. The van der Waals surface area contributed by atoms with E-state index < -0.39 is 0 Å². The lowest BCUT2D eigenvalue weighted by Gasteiger charge is -2.06. The van der Waals surface area contributed by atoms with Crippen LogP contribution in [0.5, 0.6) is 0 Å². The first-order chi connectivity index (χ1) is 15.7. The van der Waals surface area contributed by atoms with E-state index in [1.165, 1.54) is 96.3 Å². The van der Waals surface area contributed by atoms with Crippen molar-refractivity contribution in [3.8, 4) is 0 Å². The highest BCUT2D eigenvalue weighted by molar-refractivity contribution is 5.72. The maximum Gasteiger partial charge on any atom is 0.305 e. The third kappa shape index (κ3) is 25.2. The summed E-state index contributed by atoms with van der Waals surface area (Å²) in [6.45, 7) is 5.51. The molecule has 0 saturated carbocycles. The average Bonchev–Trinajstić information content (AvgIpc) is 2.78. The number of unbranched alkanes of at least 4 members (excludes halogenated alkanes) is 17. The predicted molar refractivity (Wildman–Crippen MR) is 135 cm³/mol. The Balaban J connectivity index is 3.28. The van der Waals surface area contributed by atoms with Gasteiger partial charge in [-0.1, -0.05) is 123 Å². The molecule has 0 aromatic carbocycles. The number of hydrogen-bond donors (Lipinski definition) is 0. The first kappa shape index (κ1) is 30.9. The predicted octanol–water partition coefficient (Wildman–Crippen LogP) is 8.69. The van der Waals surface area contributed by atoms with Gasteiger partial charge in [0.2, 0.25) is 0 Å². The molecule has 0 rings (SSSR count). The minimum atomic E-state index is -0.190. The van der Waals surface area contributed by atoms with E-state index >= 15 is 0 Å². The number of carbonyl (C=O) groups is 2. The van der Waals surface area contributed by atoms with Crippen LogP contribution in [0.4, 0.5) is 0 Å². The summed E-state index contributed by atoms with van der Waals surface area (Å²) in [7, 11) is 0. The molecule has 190 valence electrons. The monoisotopic (exact) mass is 454 g/mol. The van der Waals surface area contributed by atoms with Gasteiger partial charge in [-0.2, -0.15) is 0 Å². The third-order valence-corrected chi connectivity index (χ3v) is 6.03. The molecule has 0 aliphatic rings. The molecule has 4 nitrogen and oxygen atoms in total. The van der Waals surface area contributed by atoms with Crippen LogP contribution >= 0.6 is 0 Å². The van der Waals surface area contributed by atoms with Crippen LogP contribution in [-0.2, 0) is 19.1 Å². The standard InChI is InChI=1S/C28H54O4/c1-3-5-7-9-11-12-13-14-15-17-19-21-26-32-28(30)24-22-23-27(29)31-25-20-18-16-10-8-6-4-2/h3-26H2,1-2H3. The molecule has 0 aromatic heterocycles. The van der Waals surface area contributed by atoms with Crippen molar-refractivity contribution in [2.75, 3.05) is 13.2 Å². The van der Waals surface area contributed by atoms with Crippen molar-refractivity contribution in [3.63, 3.8) is 0 Å². The zero-order valence-electron chi connectivity index (χ0n) is 21.6. The van der Waals surface area contributed by atoms with Crippen LogP contribution in [0.25, 0.3) is 0 Å². The second kappa shape index (κ2) is 26.2. The van der Waals surface area contributed by atoms with Gasteiger partial charge in [0, 0.05) is 12.8 Å². The SMILES string of the molecule is CCCCCCCCCCCCCCOC(=O)CCCC(=O)OCCCCCCCCC. The van der Waals surface area contributed by atoms with Crippen LogP contribution in [0.3, 0.4) is 0 Å². The fourth-order valence-corrected chi connectivity index (χ4v) is 3.90. The molecule has 0 amide bonds. The first-order valence-electron chi connectivity index (χ1n) is 14.0. The first-order valence-corrected chi connectivity index (χ1v) is 14.0. The van der Waals surface area contributed by atoms with Gasteiger partial charge in [0.25, 0.3) is 0 Å². The molecule has 0 aliphatic carbocycles. The summed E-state index contributed by atoms with van der Waals surface area (Å²) >= 11 is 0. The van der Waals surface area contributed by atoms with Crippen LogP contribution < -0.4 is 0 Å². The van der Waals surface area contributed by atoms with Gasteiger partial charge in [-0.05, 0) is 19.3 Å². The number of carbonyl (C=O) groups excluding carboxylic acids is 2. The minimum absolute atomic E-state index is 0.187. The van der Waals surface area contributed by atoms with E-state index in [1.54, 1.807) is 0 Å². The molecule has 0 bridgehead atoms. The largest absolute Gasteiger partial charge is 0.466 e. The number of ether oxygens (including phenoxy) is 2. The van der Waals surface area contributed by atoms with E-state index in [4.69, 9.17) is 9.47 Å². The van der Waals surface area contributed by atoms with Crippen molar-refractivity contribution >= 4 is 11.9 Å². The molecule has 4 heteroatoms. The third-order valence-electron chi connectivity index (χ3n) is 6.03. The highest BCUT2D eigenvalue weighted by Crippen LogP contribution is 2.12. The van der Waals surface area contributed by atoms with Crippen molar-refractivity contribution in [1.29, 1.82) is 0 Å². The van der Waals surface area contributed by atoms with E-state index in [-0.39, 0.29) is 11.9 Å². The second-order valence-corrected chi connectivity index (χ2v) is 9.30. The maximum atomic E-state index is 11.8. The molecule has 0 aromatic rings. The Morgan fingerprint density at radius 1 is 0.406 bits per heavy atom. The lowest BCUT2D eigenvalue weighted by atomic mass is 10.1. The molecule has 0 N–H and O–H groups in total. The summed E-state index contributed by atoms with van der Waals surface area (Å²) in [4.78, 5) is 23.5. The zero-order valence-corrected chi connectivity index (χ0v) is 21.6. The van der Waals surface area contributed by atoms with E-state index in [0.717, 1.165) is 25.7 Å². The Hall–Kier alpha value is -1.06. The average molecular weight is 455 g/mol. The molecule has 0 saturated heterocycles. The summed E-state index contributed by atoms with van der Waals surface area (Å²) in [6, 6.07) is 0. The molecule has 0 atom stereocenters. The summed E-state index contributed by atoms with van der Waals surface area (Å²) in [5.41, 5.74) is 0. The number of esters is 2. The lowest BCUT2D eigenvalue weighted by Crippen LogP contribution is -2.09. The molecular weight excluding hydrogens is 400 g/mol. The molecule has 0 heterocycles. The highest BCUT2D eigenvalue weighted by atomic mass is 16.5. The van der Waals surface area contributed by atoms with Crippen molar-refractivity contribution in [2.24, 2.45) is 0 Å². The van der Waals surface area contributed by atoms with Gasteiger partial charge in [-0.15, -0.1) is 0 Å². The highest BCUT2D eigenvalue weighted by Gasteiger charge is 2.07. The molecule has 0 unspecified atom stereocenters. The van der Waals surface area contributed by atoms with Gasteiger partial charge in [0.1, 0.15) is 0 Å². The van der Waals surface area contributed by atoms with Crippen LogP contribution in [0, 0.1) is 0 Å². The summed E-state index contributed by atoms with van der Waals surface area (Å²) in [5, 5.41) is 0. The zero-order chi connectivity index (χ0) is 23.5.